The lowest BCUT2D eigenvalue weighted by Gasteiger charge is -2.07. The molecule has 0 aliphatic heterocycles. The predicted octanol–water partition coefficient (Wildman–Crippen LogP) is 2.47. The van der Waals surface area contributed by atoms with Crippen LogP contribution in [0.2, 0.25) is 0 Å². The number of amides is 1. The summed E-state index contributed by atoms with van der Waals surface area (Å²) in [5.74, 6) is -4.85. The van der Waals surface area contributed by atoms with Crippen molar-refractivity contribution in [3.8, 4) is 0 Å². The quantitative estimate of drug-likeness (QED) is 0.682. The third kappa shape index (κ3) is 3.61. The van der Waals surface area contributed by atoms with Crippen LogP contribution in [0.15, 0.2) is 4.42 Å². The lowest BCUT2D eigenvalue weighted by Crippen LogP contribution is -2.30. The molecule has 0 atom stereocenters. The monoisotopic (exact) mass is 307 g/mol. The van der Waals surface area contributed by atoms with Crippen molar-refractivity contribution in [1.82, 2.24) is 0 Å². The van der Waals surface area contributed by atoms with Crippen LogP contribution in [0.5, 0.6) is 0 Å². The zero-order valence-electron chi connectivity index (χ0n) is 11.4. The fraction of sp³-hybridized carbons (Fsp3) is 0.417. The van der Waals surface area contributed by atoms with E-state index in [1.54, 1.807) is 0 Å². The number of hydrogen-bond acceptors (Lipinski definition) is 5. The fourth-order valence-electron chi connectivity index (χ4n) is 1.63. The SMILES string of the molecule is CCOC(=O)c1c(NC(=O)C(F)(F)F)oc(C)c1C(C)=O. The molecular formula is C12H12F3NO5. The van der Waals surface area contributed by atoms with E-state index in [2.05, 4.69) is 4.74 Å². The van der Waals surface area contributed by atoms with Crippen LogP contribution in [0, 0.1) is 6.92 Å². The van der Waals surface area contributed by atoms with Gasteiger partial charge >= 0.3 is 18.1 Å². The number of aryl methyl sites for hydroxylation is 1. The highest BCUT2D eigenvalue weighted by molar-refractivity contribution is 6.11. The average Bonchev–Trinajstić information content (AvgIpc) is 2.64. The smallest absolute Gasteiger partial charge is 0.462 e. The van der Waals surface area contributed by atoms with Gasteiger partial charge in [-0.05, 0) is 20.8 Å². The summed E-state index contributed by atoms with van der Waals surface area (Å²) in [4.78, 5) is 34.2. The van der Waals surface area contributed by atoms with E-state index in [1.165, 1.54) is 19.2 Å². The van der Waals surface area contributed by atoms with Gasteiger partial charge in [0.05, 0.1) is 12.2 Å². The summed E-state index contributed by atoms with van der Waals surface area (Å²) in [5.41, 5.74) is -0.759. The van der Waals surface area contributed by atoms with Crippen LogP contribution in [0.3, 0.4) is 0 Å². The van der Waals surface area contributed by atoms with E-state index >= 15 is 0 Å². The number of hydrogen-bond donors (Lipinski definition) is 1. The summed E-state index contributed by atoms with van der Waals surface area (Å²) >= 11 is 0. The third-order valence-electron chi connectivity index (χ3n) is 2.40. The molecule has 1 amide bonds. The van der Waals surface area contributed by atoms with Crippen LogP contribution in [0.1, 0.15) is 40.3 Å². The maximum absolute atomic E-state index is 12.2. The van der Waals surface area contributed by atoms with Crippen molar-refractivity contribution < 1.29 is 36.7 Å². The number of anilines is 1. The van der Waals surface area contributed by atoms with Crippen molar-refractivity contribution in [3.05, 3.63) is 16.9 Å². The van der Waals surface area contributed by atoms with Gasteiger partial charge in [-0.25, -0.2) is 4.79 Å². The molecule has 1 aromatic rings. The number of nitrogens with one attached hydrogen (secondary N) is 1. The summed E-state index contributed by atoms with van der Waals surface area (Å²) in [6.45, 7) is 3.80. The maximum atomic E-state index is 12.2. The lowest BCUT2D eigenvalue weighted by molar-refractivity contribution is -0.167. The molecule has 1 rings (SSSR count). The second-order valence-electron chi connectivity index (χ2n) is 3.97. The van der Waals surface area contributed by atoms with E-state index in [1.807, 2.05) is 0 Å². The highest BCUT2D eigenvalue weighted by Crippen LogP contribution is 2.30. The van der Waals surface area contributed by atoms with Gasteiger partial charge in [-0.15, -0.1) is 0 Å². The molecule has 1 N–H and O–H groups in total. The topological polar surface area (TPSA) is 85.6 Å². The Morgan fingerprint density at radius 3 is 2.24 bits per heavy atom. The van der Waals surface area contributed by atoms with Crippen LogP contribution in [-0.4, -0.2) is 30.4 Å². The third-order valence-corrected chi connectivity index (χ3v) is 2.40. The first kappa shape index (κ1) is 16.7. The number of carbonyl (C=O) groups is 3. The molecule has 1 aromatic heterocycles. The van der Waals surface area contributed by atoms with Gasteiger partial charge in [0.2, 0.25) is 5.88 Å². The van der Waals surface area contributed by atoms with Gasteiger partial charge in [0.1, 0.15) is 11.3 Å². The minimum Gasteiger partial charge on any atom is -0.462 e. The number of carbonyl (C=O) groups excluding carboxylic acids is 3. The van der Waals surface area contributed by atoms with Crippen LogP contribution in [0.4, 0.5) is 19.1 Å². The largest absolute Gasteiger partial charge is 0.471 e. The Hall–Kier alpha value is -2.32. The molecule has 0 saturated heterocycles. The van der Waals surface area contributed by atoms with Gasteiger partial charge in [-0.1, -0.05) is 0 Å². The molecule has 0 bridgehead atoms. The van der Waals surface area contributed by atoms with Crippen molar-refractivity contribution in [2.75, 3.05) is 11.9 Å². The molecule has 0 saturated carbocycles. The Kier molecular flexibility index (Phi) is 4.77. The van der Waals surface area contributed by atoms with Crippen molar-refractivity contribution in [3.63, 3.8) is 0 Å². The highest BCUT2D eigenvalue weighted by atomic mass is 19.4. The number of alkyl halides is 3. The zero-order valence-corrected chi connectivity index (χ0v) is 11.4. The molecule has 116 valence electrons. The zero-order chi connectivity index (χ0) is 16.4. The van der Waals surface area contributed by atoms with Crippen molar-refractivity contribution in [1.29, 1.82) is 0 Å². The minimum atomic E-state index is -5.16. The van der Waals surface area contributed by atoms with E-state index in [9.17, 15) is 27.6 Å². The summed E-state index contributed by atoms with van der Waals surface area (Å²) in [7, 11) is 0. The average molecular weight is 307 g/mol. The molecule has 0 fully saturated rings. The predicted molar refractivity (Wildman–Crippen MR) is 64.1 cm³/mol. The molecule has 21 heavy (non-hydrogen) atoms. The second-order valence-corrected chi connectivity index (χ2v) is 3.97. The summed E-state index contributed by atoms with van der Waals surface area (Å²) in [6.07, 6.45) is -5.16. The van der Waals surface area contributed by atoms with E-state index in [4.69, 9.17) is 4.42 Å². The number of rotatable bonds is 4. The van der Waals surface area contributed by atoms with Crippen LogP contribution < -0.4 is 5.32 Å². The lowest BCUT2D eigenvalue weighted by atomic mass is 10.1. The first-order valence-electron chi connectivity index (χ1n) is 5.79. The van der Waals surface area contributed by atoms with Crippen molar-refractivity contribution >= 4 is 23.5 Å². The van der Waals surface area contributed by atoms with Gasteiger partial charge in [0.15, 0.2) is 5.78 Å². The summed E-state index contributed by atoms with van der Waals surface area (Å²) in [5, 5.41) is 1.42. The van der Waals surface area contributed by atoms with Gasteiger partial charge in [0.25, 0.3) is 0 Å². The number of esters is 1. The molecule has 0 spiro atoms. The van der Waals surface area contributed by atoms with Gasteiger partial charge in [0, 0.05) is 0 Å². The second kappa shape index (κ2) is 5.98. The Morgan fingerprint density at radius 2 is 1.81 bits per heavy atom. The Labute approximate surface area is 117 Å². The van der Waals surface area contributed by atoms with E-state index in [-0.39, 0.29) is 17.9 Å². The van der Waals surface area contributed by atoms with Crippen LogP contribution in [-0.2, 0) is 9.53 Å². The van der Waals surface area contributed by atoms with Gasteiger partial charge in [-0.3, -0.25) is 14.9 Å². The fourth-order valence-corrected chi connectivity index (χ4v) is 1.63. The maximum Gasteiger partial charge on any atom is 0.471 e. The van der Waals surface area contributed by atoms with Crippen LogP contribution in [0.25, 0.3) is 0 Å². The summed E-state index contributed by atoms with van der Waals surface area (Å²) < 4.78 is 46.3. The van der Waals surface area contributed by atoms with E-state index < -0.39 is 35.3 Å². The van der Waals surface area contributed by atoms with Crippen molar-refractivity contribution in [2.24, 2.45) is 0 Å². The number of halogens is 3. The minimum absolute atomic E-state index is 0.0624. The Bertz CT molecular complexity index is 588. The molecule has 9 heteroatoms. The molecule has 0 radical (unpaired) electrons. The number of ketones is 1. The Balaban J connectivity index is 3.32. The molecule has 6 nitrogen and oxygen atoms in total. The normalized spacial score (nSPS) is 11.1. The van der Waals surface area contributed by atoms with Gasteiger partial charge in [-0.2, -0.15) is 13.2 Å². The molecule has 0 aromatic carbocycles. The molecule has 0 aliphatic carbocycles. The standard InChI is InChI=1S/C12H12F3NO5/c1-4-20-10(18)8-7(5(2)17)6(3)21-9(8)16-11(19)12(13,14)15/h4H2,1-3H3,(H,16,19). The first-order chi connectivity index (χ1) is 9.59. The number of Topliss-reactive ketones (excluding diaryl/α,β-unsaturated/α-hetero) is 1. The van der Waals surface area contributed by atoms with Crippen molar-refractivity contribution in [2.45, 2.75) is 26.9 Å². The first-order valence-corrected chi connectivity index (χ1v) is 5.79. The molecule has 0 unspecified atom stereocenters. The van der Waals surface area contributed by atoms with Crippen LogP contribution >= 0.6 is 0 Å². The van der Waals surface area contributed by atoms with Gasteiger partial charge < -0.3 is 9.15 Å². The molecule has 1 heterocycles. The van der Waals surface area contributed by atoms with E-state index in [0.717, 1.165) is 6.92 Å². The number of ether oxygens (including phenoxy) is 1. The van der Waals surface area contributed by atoms with E-state index in [0.29, 0.717) is 0 Å². The molecular weight excluding hydrogens is 295 g/mol. The highest BCUT2D eigenvalue weighted by Gasteiger charge is 2.41. The summed E-state index contributed by atoms with van der Waals surface area (Å²) in [6, 6.07) is 0. The number of furan rings is 1. The molecule has 0 aliphatic rings. The Morgan fingerprint density at radius 1 is 1.24 bits per heavy atom.